The fourth-order valence-corrected chi connectivity index (χ4v) is 6.92. The van der Waals surface area contributed by atoms with E-state index in [4.69, 9.17) is 38.9 Å². The summed E-state index contributed by atoms with van der Waals surface area (Å²) in [6.45, 7) is 0.826. The van der Waals surface area contributed by atoms with Crippen LogP contribution >= 0.6 is 23.2 Å². The molecule has 0 radical (unpaired) electrons. The average Bonchev–Trinajstić information content (AvgIpc) is 3.27. The van der Waals surface area contributed by atoms with Crippen molar-refractivity contribution >= 4 is 67.9 Å². The van der Waals surface area contributed by atoms with Crippen LogP contribution in [0.1, 0.15) is 50.1 Å². The van der Waals surface area contributed by atoms with Gasteiger partial charge in [0, 0.05) is 31.1 Å². The molecule has 4 N–H and O–H groups in total. The molecule has 15 heteroatoms. The molecule has 2 aromatic heterocycles. The van der Waals surface area contributed by atoms with Crippen LogP contribution in [-0.4, -0.2) is 63.5 Å². The van der Waals surface area contributed by atoms with E-state index in [9.17, 15) is 18.5 Å². The van der Waals surface area contributed by atoms with Crippen molar-refractivity contribution in [1.29, 1.82) is 5.26 Å². The molecule has 40 heavy (non-hydrogen) atoms. The number of imidazole rings is 1. The number of nitrogens with zero attached hydrogens (tertiary/aromatic N) is 6. The van der Waals surface area contributed by atoms with E-state index < -0.39 is 10.0 Å². The lowest BCUT2D eigenvalue weighted by Crippen LogP contribution is -2.44. The second-order valence-electron chi connectivity index (χ2n) is 10.3. The van der Waals surface area contributed by atoms with Gasteiger partial charge in [0.15, 0.2) is 5.65 Å². The van der Waals surface area contributed by atoms with Crippen LogP contribution in [0.4, 0.5) is 17.6 Å². The number of carbonyl (C=O) groups excluding carboxylic acids is 1. The van der Waals surface area contributed by atoms with Crippen molar-refractivity contribution < 1.29 is 13.2 Å². The van der Waals surface area contributed by atoms with Crippen LogP contribution in [-0.2, 0) is 14.8 Å². The molecule has 12 nitrogen and oxygen atoms in total. The molecule has 212 valence electrons. The molecule has 1 atom stereocenters. The molecule has 1 unspecified atom stereocenters. The molecule has 2 aliphatic rings. The summed E-state index contributed by atoms with van der Waals surface area (Å²) in [5.41, 5.74) is 7.40. The van der Waals surface area contributed by atoms with Gasteiger partial charge in [-0.05, 0) is 50.7 Å². The van der Waals surface area contributed by atoms with E-state index in [1.54, 1.807) is 6.20 Å². The highest BCUT2D eigenvalue weighted by atomic mass is 35.5. The van der Waals surface area contributed by atoms with Gasteiger partial charge in [-0.2, -0.15) is 10.2 Å². The molecule has 1 saturated heterocycles. The number of hydrogen-bond acceptors (Lipinski definition) is 9. The summed E-state index contributed by atoms with van der Waals surface area (Å²) in [5.74, 6) is 0.327. The van der Waals surface area contributed by atoms with E-state index in [1.807, 2.05) is 10.6 Å². The maximum absolute atomic E-state index is 12.1. The molecule has 3 aromatic rings. The average molecular weight is 607 g/mol. The van der Waals surface area contributed by atoms with E-state index in [2.05, 4.69) is 15.6 Å². The third-order valence-corrected chi connectivity index (χ3v) is 9.36. The van der Waals surface area contributed by atoms with Gasteiger partial charge in [0.1, 0.15) is 5.52 Å². The number of anilines is 3. The number of fused-ring (bicyclic) bond motifs is 1. The fourth-order valence-electron chi connectivity index (χ4n) is 5.43. The summed E-state index contributed by atoms with van der Waals surface area (Å²) in [6, 6.07) is 4.89. The molecule has 1 saturated carbocycles. The van der Waals surface area contributed by atoms with Crippen LogP contribution < -0.4 is 16.4 Å². The molecule has 3 heterocycles. The lowest BCUT2D eigenvalue weighted by Gasteiger charge is -2.31. The minimum Gasteiger partial charge on any atom is -0.369 e. The van der Waals surface area contributed by atoms with E-state index in [0.29, 0.717) is 73.1 Å². The number of aromatic nitrogens is 4. The fraction of sp³-hybridized carbons (Fsp3) is 0.480. The number of sulfonamides is 1. The quantitative estimate of drug-likeness (QED) is 0.362. The molecule has 1 aliphatic heterocycles. The number of benzene rings is 1. The summed E-state index contributed by atoms with van der Waals surface area (Å²) < 4.78 is 27.6. The Balaban J connectivity index is 1.50. The van der Waals surface area contributed by atoms with E-state index >= 15 is 0 Å². The summed E-state index contributed by atoms with van der Waals surface area (Å²) in [6.07, 6.45) is 6.97. The van der Waals surface area contributed by atoms with Crippen molar-refractivity contribution in [3.63, 3.8) is 0 Å². The van der Waals surface area contributed by atoms with Crippen molar-refractivity contribution in [2.75, 3.05) is 30.0 Å². The maximum atomic E-state index is 12.1. The van der Waals surface area contributed by atoms with Gasteiger partial charge in [-0.1, -0.05) is 23.2 Å². The second kappa shape index (κ2) is 11.4. The monoisotopic (exact) mass is 605 g/mol. The van der Waals surface area contributed by atoms with E-state index in [1.165, 1.54) is 22.7 Å². The zero-order valence-corrected chi connectivity index (χ0v) is 24.1. The Morgan fingerprint density at radius 3 is 2.48 bits per heavy atom. The molecular formula is C25H29Cl2N9O3S. The minimum atomic E-state index is -3.30. The molecule has 0 spiro atoms. The smallest absolute Gasteiger partial charge is 0.225 e. The van der Waals surface area contributed by atoms with Gasteiger partial charge < -0.3 is 16.4 Å². The largest absolute Gasteiger partial charge is 0.369 e. The number of nitriles is 1. The first-order valence-corrected chi connectivity index (χ1v) is 15.6. The van der Waals surface area contributed by atoms with Gasteiger partial charge >= 0.3 is 0 Å². The molecule has 1 aromatic carbocycles. The Kier molecular flexibility index (Phi) is 8.05. The highest BCUT2D eigenvalue weighted by molar-refractivity contribution is 7.88. The van der Waals surface area contributed by atoms with Gasteiger partial charge in [0.2, 0.25) is 27.8 Å². The van der Waals surface area contributed by atoms with Crippen molar-refractivity contribution in [1.82, 2.24) is 23.8 Å². The van der Waals surface area contributed by atoms with Gasteiger partial charge in [0.05, 0.1) is 39.8 Å². The summed E-state index contributed by atoms with van der Waals surface area (Å²) in [5, 5.41) is 16.3. The lowest BCUT2D eigenvalue weighted by molar-refractivity contribution is -0.122. The zero-order valence-electron chi connectivity index (χ0n) is 21.8. The first-order valence-electron chi connectivity index (χ1n) is 13.0. The van der Waals surface area contributed by atoms with Crippen molar-refractivity contribution in [3.8, 4) is 6.07 Å². The SMILES string of the molecule is CS(=O)(=O)N1CCCC(Nc2ncc3nc(Nc4c(Cl)cc(C#N)cc4Cl)n(C4CCC(C(N)=O)CC4)c3n2)C1. The summed E-state index contributed by atoms with van der Waals surface area (Å²) >= 11 is 12.9. The number of primary amides is 1. The van der Waals surface area contributed by atoms with Gasteiger partial charge in [0.25, 0.3) is 0 Å². The molecule has 5 rings (SSSR count). The maximum Gasteiger partial charge on any atom is 0.225 e. The lowest BCUT2D eigenvalue weighted by atomic mass is 9.85. The molecule has 1 amide bonds. The van der Waals surface area contributed by atoms with E-state index in [0.717, 1.165) is 12.8 Å². The van der Waals surface area contributed by atoms with Crippen molar-refractivity contribution in [2.45, 2.75) is 50.6 Å². The Labute approximate surface area is 241 Å². The number of hydrogen-bond donors (Lipinski definition) is 3. The van der Waals surface area contributed by atoms with Crippen LogP contribution in [0.25, 0.3) is 11.2 Å². The zero-order chi connectivity index (χ0) is 28.6. The first-order chi connectivity index (χ1) is 19.0. The topological polar surface area (TPSA) is 172 Å². The number of nitrogens with one attached hydrogen (secondary N) is 2. The number of rotatable bonds is 7. The first kappa shape index (κ1) is 28.4. The number of piperidine rings is 1. The molecular weight excluding hydrogens is 577 g/mol. The number of amides is 1. The van der Waals surface area contributed by atoms with Crippen LogP contribution in [0.2, 0.25) is 10.0 Å². The number of halogens is 2. The van der Waals surface area contributed by atoms with Gasteiger partial charge in [-0.25, -0.2) is 22.7 Å². The van der Waals surface area contributed by atoms with Crippen LogP contribution in [0.15, 0.2) is 18.3 Å². The Morgan fingerprint density at radius 1 is 1.15 bits per heavy atom. The Hall–Kier alpha value is -3.18. The van der Waals surface area contributed by atoms with Crippen molar-refractivity contribution in [3.05, 3.63) is 33.9 Å². The molecule has 1 aliphatic carbocycles. The second-order valence-corrected chi connectivity index (χ2v) is 13.1. The predicted molar refractivity (Wildman–Crippen MR) is 153 cm³/mol. The highest BCUT2D eigenvalue weighted by Gasteiger charge is 2.30. The van der Waals surface area contributed by atoms with Gasteiger partial charge in [-0.3, -0.25) is 9.36 Å². The Bertz CT molecular complexity index is 1570. The molecule has 2 fully saturated rings. The van der Waals surface area contributed by atoms with Crippen LogP contribution in [0, 0.1) is 17.2 Å². The third kappa shape index (κ3) is 5.95. The normalized spacial score (nSPS) is 22.1. The third-order valence-electron chi connectivity index (χ3n) is 7.49. The number of carbonyl (C=O) groups is 1. The highest BCUT2D eigenvalue weighted by Crippen LogP contribution is 2.39. The van der Waals surface area contributed by atoms with Crippen LogP contribution in [0.3, 0.4) is 0 Å². The van der Waals surface area contributed by atoms with Crippen LogP contribution in [0.5, 0.6) is 0 Å². The summed E-state index contributed by atoms with van der Waals surface area (Å²) in [7, 11) is -3.30. The number of nitrogens with two attached hydrogens (primary N) is 1. The predicted octanol–water partition coefficient (Wildman–Crippen LogP) is 3.80. The van der Waals surface area contributed by atoms with E-state index in [-0.39, 0.29) is 34.0 Å². The molecule has 0 bridgehead atoms. The van der Waals surface area contributed by atoms with Gasteiger partial charge in [-0.15, -0.1) is 0 Å². The minimum absolute atomic E-state index is 0.0443. The summed E-state index contributed by atoms with van der Waals surface area (Å²) in [4.78, 5) is 25.7. The Morgan fingerprint density at radius 2 is 1.85 bits per heavy atom. The van der Waals surface area contributed by atoms with Crippen molar-refractivity contribution in [2.24, 2.45) is 11.7 Å². The standard InChI is InChI=1S/C25H29Cl2N9O3S/c1-40(38,39)35-8-2-3-16(13-35)31-24-30-12-20-23(34-24)36(17-6-4-15(5-7-17)22(29)37)25(32-20)33-21-18(26)9-14(11-28)10-19(21)27/h9-10,12,15-17H,2-8,13H2,1H3,(H2,29,37)(H,32,33)(H,30,31,34).